The highest BCUT2D eigenvalue weighted by atomic mass is 28.4. The normalized spacial score (nSPS) is 15.1. The summed E-state index contributed by atoms with van der Waals surface area (Å²) in [4.78, 5) is 0. The fraction of sp³-hybridized carbons (Fsp3) is 1.00. The first-order valence-corrected chi connectivity index (χ1v) is 12.1. The Labute approximate surface area is 135 Å². The summed E-state index contributed by atoms with van der Waals surface area (Å²) in [6.45, 7) is 15.3. The molecule has 0 aliphatic rings. The second kappa shape index (κ2) is 12.7. The fourth-order valence-corrected chi connectivity index (χ4v) is 3.83. The minimum Gasteiger partial charge on any atom is -0.394 e. The number of hydrogen-bond donors (Lipinski definition) is 0. The van der Waals surface area contributed by atoms with E-state index in [1.54, 1.807) is 0 Å². The lowest BCUT2D eigenvalue weighted by molar-refractivity contribution is 0.127. The molecule has 3 heteroatoms. The summed E-state index contributed by atoms with van der Waals surface area (Å²) >= 11 is 0. The molecule has 128 valence electrons. The fourth-order valence-electron chi connectivity index (χ4n) is 2.47. The standard InChI is InChI=1S/C18H40O2Si/c1-7-11-13-17(9-3)15-19-21(5,6)20-16-18(10-4)14-12-8-2/h17-18H,7-16H2,1-6H3. The molecule has 0 aromatic heterocycles. The molecule has 0 spiro atoms. The number of hydrogen-bond acceptors (Lipinski definition) is 2. The van der Waals surface area contributed by atoms with Crippen molar-refractivity contribution in [3.8, 4) is 0 Å². The van der Waals surface area contributed by atoms with Gasteiger partial charge in [0.05, 0.1) is 0 Å². The molecule has 0 saturated heterocycles. The van der Waals surface area contributed by atoms with Crippen LogP contribution in [0.5, 0.6) is 0 Å². The van der Waals surface area contributed by atoms with Crippen molar-refractivity contribution in [2.75, 3.05) is 13.2 Å². The van der Waals surface area contributed by atoms with Crippen LogP contribution in [0.25, 0.3) is 0 Å². The van der Waals surface area contributed by atoms with Crippen molar-refractivity contribution in [3.63, 3.8) is 0 Å². The summed E-state index contributed by atoms with van der Waals surface area (Å²) < 4.78 is 12.4. The maximum Gasteiger partial charge on any atom is 0.331 e. The first-order chi connectivity index (χ1) is 9.99. The Balaban J connectivity index is 4.04. The summed E-state index contributed by atoms with van der Waals surface area (Å²) in [5.74, 6) is 1.42. The van der Waals surface area contributed by atoms with E-state index in [0.717, 1.165) is 13.2 Å². The van der Waals surface area contributed by atoms with Gasteiger partial charge in [-0.05, 0) is 37.8 Å². The van der Waals surface area contributed by atoms with E-state index < -0.39 is 8.56 Å². The monoisotopic (exact) mass is 316 g/mol. The zero-order valence-electron chi connectivity index (χ0n) is 15.5. The van der Waals surface area contributed by atoms with Crippen molar-refractivity contribution >= 4 is 8.56 Å². The van der Waals surface area contributed by atoms with Crippen molar-refractivity contribution in [3.05, 3.63) is 0 Å². The Morgan fingerprint density at radius 3 is 1.38 bits per heavy atom. The molecule has 0 amide bonds. The van der Waals surface area contributed by atoms with Gasteiger partial charge in [0.25, 0.3) is 0 Å². The zero-order chi connectivity index (χ0) is 16.1. The summed E-state index contributed by atoms with van der Waals surface area (Å²) in [6, 6.07) is 0. The Morgan fingerprint density at radius 1 is 0.714 bits per heavy atom. The van der Waals surface area contributed by atoms with Gasteiger partial charge in [-0.15, -0.1) is 0 Å². The van der Waals surface area contributed by atoms with Crippen molar-refractivity contribution in [2.45, 2.75) is 92.2 Å². The molecule has 0 radical (unpaired) electrons. The van der Waals surface area contributed by atoms with Crippen LogP contribution in [0.1, 0.15) is 79.1 Å². The van der Waals surface area contributed by atoms with Crippen LogP contribution in [0.2, 0.25) is 13.1 Å². The van der Waals surface area contributed by atoms with E-state index in [1.807, 2.05) is 0 Å². The van der Waals surface area contributed by atoms with Crippen LogP contribution in [-0.4, -0.2) is 21.8 Å². The van der Waals surface area contributed by atoms with E-state index in [0.29, 0.717) is 11.8 Å². The lowest BCUT2D eigenvalue weighted by Gasteiger charge is -2.28. The van der Waals surface area contributed by atoms with Crippen LogP contribution in [0.4, 0.5) is 0 Å². The second-order valence-corrected chi connectivity index (χ2v) is 10.2. The van der Waals surface area contributed by atoms with E-state index in [2.05, 4.69) is 40.8 Å². The Bertz CT molecular complexity index is 209. The molecule has 0 rings (SSSR count). The van der Waals surface area contributed by atoms with Crippen LogP contribution in [-0.2, 0) is 8.85 Å². The lowest BCUT2D eigenvalue weighted by atomic mass is 10.0. The topological polar surface area (TPSA) is 18.5 Å². The lowest BCUT2D eigenvalue weighted by Crippen LogP contribution is -2.38. The van der Waals surface area contributed by atoms with E-state index in [9.17, 15) is 0 Å². The molecule has 0 N–H and O–H groups in total. The van der Waals surface area contributed by atoms with Crippen LogP contribution in [0.3, 0.4) is 0 Å². The van der Waals surface area contributed by atoms with E-state index in [4.69, 9.17) is 8.85 Å². The van der Waals surface area contributed by atoms with Crippen LogP contribution in [0.15, 0.2) is 0 Å². The summed E-state index contributed by atoms with van der Waals surface area (Å²) in [5.41, 5.74) is 0. The van der Waals surface area contributed by atoms with E-state index in [1.165, 1.54) is 51.4 Å². The van der Waals surface area contributed by atoms with Gasteiger partial charge in [-0.2, -0.15) is 0 Å². The third-order valence-corrected chi connectivity index (χ3v) is 6.14. The smallest absolute Gasteiger partial charge is 0.331 e. The van der Waals surface area contributed by atoms with Gasteiger partial charge < -0.3 is 8.85 Å². The van der Waals surface area contributed by atoms with Crippen LogP contribution >= 0.6 is 0 Å². The minimum atomic E-state index is -1.94. The summed E-state index contributed by atoms with van der Waals surface area (Å²) in [7, 11) is -1.94. The third-order valence-electron chi connectivity index (χ3n) is 4.42. The average molecular weight is 317 g/mol. The molecule has 0 fully saturated rings. The molecule has 2 nitrogen and oxygen atoms in total. The van der Waals surface area contributed by atoms with Gasteiger partial charge in [0.15, 0.2) is 0 Å². The van der Waals surface area contributed by atoms with Crippen LogP contribution < -0.4 is 0 Å². The third kappa shape index (κ3) is 11.4. The van der Waals surface area contributed by atoms with Gasteiger partial charge in [0.1, 0.15) is 0 Å². The van der Waals surface area contributed by atoms with E-state index >= 15 is 0 Å². The quantitative estimate of drug-likeness (QED) is 0.358. The van der Waals surface area contributed by atoms with Gasteiger partial charge in [-0.25, -0.2) is 0 Å². The van der Waals surface area contributed by atoms with Crippen LogP contribution in [0, 0.1) is 11.8 Å². The highest BCUT2D eigenvalue weighted by Gasteiger charge is 2.26. The average Bonchev–Trinajstić information content (AvgIpc) is 2.47. The molecule has 0 aromatic rings. The van der Waals surface area contributed by atoms with Gasteiger partial charge in [0, 0.05) is 13.2 Å². The van der Waals surface area contributed by atoms with Gasteiger partial charge in [-0.1, -0.05) is 66.2 Å². The largest absolute Gasteiger partial charge is 0.394 e. The number of unbranched alkanes of at least 4 members (excludes halogenated alkanes) is 2. The molecule has 2 unspecified atom stereocenters. The first kappa shape index (κ1) is 21.1. The van der Waals surface area contributed by atoms with Crippen molar-refractivity contribution in [1.82, 2.24) is 0 Å². The molecular weight excluding hydrogens is 276 g/mol. The van der Waals surface area contributed by atoms with Gasteiger partial charge in [-0.3, -0.25) is 0 Å². The molecule has 0 aromatic carbocycles. The van der Waals surface area contributed by atoms with E-state index in [-0.39, 0.29) is 0 Å². The molecule has 0 aliphatic heterocycles. The van der Waals surface area contributed by atoms with Crippen molar-refractivity contribution in [1.29, 1.82) is 0 Å². The maximum atomic E-state index is 6.20. The summed E-state index contributed by atoms with van der Waals surface area (Å²) in [6.07, 6.45) is 10.2. The Kier molecular flexibility index (Phi) is 12.7. The van der Waals surface area contributed by atoms with Crippen molar-refractivity contribution in [2.24, 2.45) is 11.8 Å². The molecule has 0 aliphatic carbocycles. The molecule has 0 saturated carbocycles. The van der Waals surface area contributed by atoms with Gasteiger partial charge in [0.2, 0.25) is 0 Å². The predicted octanol–water partition coefficient (Wildman–Crippen LogP) is 6.15. The summed E-state index contributed by atoms with van der Waals surface area (Å²) in [5, 5.41) is 0. The highest BCUT2D eigenvalue weighted by Crippen LogP contribution is 2.19. The highest BCUT2D eigenvalue weighted by molar-refractivity contribution is 6.64. The molecule has 21 heavy (non-hydrogen) atoms. The number of rotatable bonds is 14. The zero-order valence-corrected chi connectivity index (χ0v) is 16.5. The SMILES string of the molecule is CCCCC(CC)CO[Si](C)(C)OCC(CC)CCCC. The second-order valence-electron chi connectivity index (χ2n) is 6.85. The minimum absolute atomic E-state index is 0.711. The predicted molar refractivity (Wildman–Crippen MR) is 96.0 cm³/mol. The molecule has 0 heterocycles. The molecular formula is C18H40O2Si. The Hall–Kier alpha value is 0.137. The Morgan fingerprint density at radius 2 is 1.10 bits per heavy atom. The molecule has 0 bridgehead atoms. The first-order valence-electron chi connectivity index (χ1n) is 9.26. The van der Waals surface area contributed by atoms with Crippen molar-refractivity contribution < 1.29 is 8.85 Å². The maximum absolute atomic E-state index is 6.20. The molecule has 2 atom stereocenters. The van der Waals surface area contributed by atoms with Gasteiger partial charge >= 0.3 is 8.56 Å².